The molecule has 0 amide bonds. The molecule has 27 heteroatoms. The van der Waals surface area contributed by atoms with E-state index in [2.05, 4.69) is 47.6 Å². The Bertz CT molecular complexity index is 2290. The first kappa shape index (κ1) is 70.0. The number of allylic oxidation sites excluding steroid dienone is 1. The van der Waals surface area contributed by atoms with Crippen LogP contribution < -0.4 is 0 Å². The molecule has 4 aliphatic carbocycles. The van der Waals surface area contributed by atoms with Crippen LogP contribution >= 0.6 is 0 Å². The van der Waals surface area contributed by atoms with Crippen molar-refractivity contribution in [1.29, 1.82) is 0 Å². The third kappa shape index (κ3) is 12.6. The van der Waals surface area contributed by atoms with Gasteiger partial charge in [0.15, 0.2) is 25.2 Å². The summed E-state index contributed by atoms with van der Waals surface area (Å²) in [7, 11) is 0. The molecule has 5 heterocycles. The molecule has 87 heavy (non-hydrogen) atoms. The van der Waals surface area contributed by atoms with Gasteiger partial charge in [0.2, 0.25) is 0 Å². The van der Waals surface area contributed by atoms with E-state index >= 15 is 0 Å². The summed E-state index contributed by atoms with van der Waals surface area (Å²) in [5, 5.41) is 194. The van der Waals surface area contributed by atoms with Gasteiger partial charge in [-0.15, -0.1) is 0 Å². The van der Waals surface area contributed by atoms with Crippen LogP contribution in [0.15, 0.2) is 11.6 Å². The van der Waals surface area contributed by atoms with Crippen molar-refractivity contribution < 1.29 is 135 Å². The maximum absolute atomic E-state index is 11.8. The van der Waals surface area contributed by atoms with Gasteiger partial charge in [0, 0.05) is 11.3 Å². The van der Waals surface area contributed by atoms with E-state index in [0.29, 0.717) is 18.8 Å². The summed E-state index contributed by atoms with van der Waals surface area (Å²) in [4.78, 5) is 0. The molecule has 8 fully saturated rings. The molecule has 9 aliphatic rings. The highest BCUT2D eigenvalue weighted by Gasteiger charge is 2.68. The number of ether oxygens (including phenoxy) is 9. The van der Waals surface area contributed by atoms with E-state index in [-0.39, 0.29) is 40.4 Å². The van der Waals surface area contributed by atoms with Gasteiger partial charge in [-0.25, -0.2) is 0 Å². The normalized spacial score (nSPS) is 51.8. The standard InChI is InChI=1S/C60H102O27/c1-24(9-13-35(57(4,5)78)86-55-51(87-54-49(77)44(72)39(67)31(22-64)83-54)45(73)40(68)32(84-55)23-79-52-48(76)43(71)38(66)30(21-63)82-52)25-15-16-60(8)33-12-10-26-27(58(33,6)17-18-59(25,60)7)11-14-34(56(26,2)3)85-53-47(75)41(69)36(28(19-61)81-53)50-46(74)42(70)37(65)29(20-62)80-50/h10,24-25,27-55,61-78H,9,11-23H2,1-8H3/t24-,25?,27?,28-,29-,30-,31+,32-,33?,34+,35-,36-,37-,38-,39+,40-,41+,42+,43+,44-,45+,46-,47-,48-,49+,50?,51-,52-,53+,54-,55+,58+,59-,60+/m1/s1. The molecule has 27 nitrogen and oxygen atoms in total. The minimum absolute atomic E-state index is 0.0881. The number of fused-ring (bicyclic) bond motifs is 5. The molecule has 9 rings (SSSR count). The Labute approximate surface area is 507 Å². The van der Waals surface area contributed by atoms with Crippen molar-refractivity contribution in [3.63, 3.8) is 0 Å². The Hall–Kier alpha value is -1.34. The highest BCUT2D eigenvalue weighted by atomic mass is 16.8. The molecule has 3 saturated carbocycles. The fraction of sp³-hybridized carbons (Fsp3) is 0.967. The van der Waals surface area contributed by atoms with Gasteiger partial charge in [0.25, 0.3) is 0 Å². The second-order valence-electron chi connectivity index (χ2n) is 28.7. The molecule has 5 aliphatic heterocycles. The Morgan fingerprint density at radius 3 is 1.64 bits per heavy atom. The second kappa shape index (κ2) is 26.8. The number of hydrogen-bond donors (Lipinski definition) is 18. The molecule has 0 aromatic heterocycles. The van der Waals surface area contributed by atoms with Gasteiger partial charge >= 0.3 is 0 Å². The Morgan fingerprint density at radius 2 is 1.05 bits per heavy atom. The maximum atomic E-state index is 11.8. The van der Waals surface area contributed by atoms with Gasteiger partial charge in [0.05, 0.1) is 69.2 Å². The molecule has 4 unspecified atom stereocenters. The summed E-state index contributed by atoms with van der Waals surface area (Å²) >= 11 is 0. The van der Waals surface area contributed by atoms with Crippen LogP contribution in [0, 0.1) is 51.2 Å². The third-order valence-corrected chi connectivity index (χ3v) is 23.1. The first-order valence-electron chi connectivity index (χ1n) is 31.3. The fourth-order valence-corrected chi connectivity index (χ4v) is 17.5. The van der Waals surface area contributed by atoms with Gasteiger partial charge < -0.3 is 135 Å². The van der Waals surface area contributed by atoms with E-state index in [1.165, 1.54) is 5.57 Å². The average Bonchev–Trinajstić information content (AvgIpc) is 1.67. The monoisotopic (exact) mass is 1250 g/mol. The molecule has 0 bridgehead atoms. The van der Waals surface area contributed by atoms with Crippen molar-refractivity contribution >= 4 is 0 Å². The van der Waals surface area contributed by atoms with E-state index < -0.39 is 209 Å². The molecular formula is C60H102O27. The zero-order valence-corrected chi connectivity index (χ0v) is 51.1. The van der Waals surface area contributed by atoms with E-state index in [9.17, 15) is 91.9 Å². The number of aliphatic hydroxyl groups excluding tert-OH is 17. The average molecular weight is 1260 g/mol. The number of rotatable bonds is 19. The lowest BCUT2D eigenvalue weighted by Gasteiger charge is -2.66. The summed E-state index contributed by atoms with van der Waals surface area (Å²) in [5.41, 5.74) is -1.19. The van der Waals surface area contributed by atoms with Crippen LogP contribution in [0.4, 0.5) is 0 Å². The molecule has 504 valence electrons. The van der Waals surface area contributed by atoms with Gasteiger partial charge in [-0.05, 0) is 112 Å². The highest BCUT2D eigenvalue weighted by molar-refractivity contribution is 5.30. The molecule has 0 radical (unpaired) electrons. The lowest BCUT2D eigenvalue weighted by atomic mass is 9.39. The molecule has 0 aromatic rings. The molecule has 5 saturated heterocycles. The first-order chi connectivity index (χ1) is 40.7. The zero-order chi connectivity index (χ0) is 63.9. The first-order valence-corrected chi connectivity index (χ1v) is 31.3. The molecule has 34 atom stereocenters. The summed E-state index contributed by atoms with van der Waals surface area (Å²) in [5.74, 6) is -0.427. The van der Waals surface area contributed by atoms with Crippen LogP contribution in [0.3, 0.4) is 0 Å². The largest absolute Gasteiger partial charge is 0.394 e. The van der Waals surface area contributed by atoms with E-state index in [0.717, 1.165) is 38.5 Å². The number of aliphatic hydroxyl groups is 18. The topological polar surface area (TPSA) is 447 Å². The lowest BCUT2D eigenvalue weighted by molar-refractivity contribution is -0.380. The van der Waals surface area contributed by atoms with Crippen LogP contribution in [0.5, 0.6) is 0 Å². The smallest absolute Gasteiger partial charge is 0.187 e. The second-order valence-corrected chi connectivity index (χ2v) is 28.7. The summed E-state index contributed by atoms with van der Waals surface area (Å²) in [6.07, 6.45) is -31.8. The van der Waals surface area contributed by atoms with Crippen LogP contribution in [-0.4, -0.2) is 290 Å². The van der Waals surface area contributed by atoms with Crippen LogP contribution in [0.2, 0.25) is 0 Å². The van der Waals surface area contributed by atoms with Crippen molar-refractivity contribution in [3.8, 4) is 0 Å². The lowest BCUT2D eigenvalue weighted by Crippen LogP contribution is -2.67. The van der Waals surface area contributed by atoms with Crippen molar-refractivity contribution in [3.05, 3.63) is 11.6 Å². The summed E-state index contributed by atoms with van der Waals surface area (Å²) in [6.45, 7) is 13.3. The van der Waals surface area contributed by atoms with Crippen LogP contribution in [0.25, 0.3) is 0 Å². The third-order valence-electron chi connectivity index (χ3n) is 23.1. The number of hydrogen-bond acceptors (Lipinski definition) is 27. The van der Waals surface area contributed by atoms with Gasteiger partial charge in [-0.3, -0.25) is 0 Å². The van der Waals surface area contributed by atoms with Crippen molar-refractivity contribution in [2.24, 2.45) is 51.2 Å². The SMILES string of the molecule is C[C@H](CC[C@@H](O[C@@H]1O[C@H](CO[C@@H]2O[C@H](CO)[C@@H](O)[C@H](O)[C@H]2O)[C@@H](O)[C@H](O)[C@H]1O[C@H]1O[C@@H](CO)[C@H](O)[C@@H](O)[C@@H]1O)C(C)(C)O)C1CC[C@@]2(C)C3CC=C4C(CC[C@H](O[C@@H]5O[C@H](CO)[C@@H](C6O[C@H](CO)[C@@H](O)[C@H](O)[C@H]6O)[C@H](O)[C@H]5O)C4(C)C)[C@]3(C)CC[C@]12C. The predicted octanol–water partition coefficient (Wildman–Crippen LogP) is -4.10. The Balaban J connectivity index is 0.880. The molecular weight excluding hydrogens is 1150 g/mol. The maximum Gasteiger partial charge on any atom is 0.187 e. The molecule has 0 aromatic carbocycles. The zero-order valence-electron chi connectivity index (χ0n) is 51.1. The van der Waals surface area contributed by atoms with Gasteiger partial charge in [-0.1, -0.05) is 53.2 Å². The highest BCUT2D eigenvalue weighted by Crippen LogP contribution is 2.75. The van der Waals surface area contributed by atoms with Crippen molar-refractivity contribution in [1.82, 2.24) is 0 Å². The minimum Gasteiger partial charge on any atom is -0.394 e. The van der Waals surface area contributed by atoms with E-state index in [4.69, 9.17) is 42.6 Å². The van der Waals surface area contributed by atoms with Crippen molar-refractivity contribution in [2.45, 2.75) is 278 Å². The van der Waals surface area contributed by atoms with Crippen LogP contribution in [-0.2, 0) is 42.6 Å². The Morgan fingerprint density at radius 1 is 0.529 bits per heavy atom. The van der Waals surface area contributed by atoms with E-state index in [1.54, 1.807) is 13.8 Å². The minimum atomic E-state index is -1.93. The summed E-state index contributed by atoms with van der Waals surface area (Å²) < 4.78 is 54.2. The molecule has 0 spiro atoms. The fourth-order valence-electron chi connectivity index (χ4n) is 17.5. The van der Waals surface area contributed by atoms with Gasteiger partial charge in [0.1, 0.15) is 104 Å². The van der Waals surface area contributed by atoms with E-state index in [1.807, 2.05) is 0 Å². The Kier molecular flexibility index (Phi) is 21.6. The quantitative estimate of drug-likeness (QED) is 0.0547. The molecule has 18 N–H and O–H groups in total. The summed E-state index contributed by atoms with van der Waals surface area (Å²) in [6, 6.07) is 0. The van der Waals surface area contributed by atoms with Crippen molar-refractivity contribution in [2.75, 3.05) is 33.0 Å². The predicted molar refractivity (Wildman–Crippen MR) is 297 cm³/mol. The van der Waals surface area contributed by atoms with Gasteiger partial charge in [-0.2, -0.15) is 0 Å². The van der Waals surface area contributed by atoms with Crippen LogP contribution in [0.1, 0.15) is 113 Å².